The summed E-state index contributed by atoms with van der Waals surface area (Å²) in [6.45, 7) is 5.52. The number of carbonyl (C=O) groups is 1. The minimum atomic E-state index is -0.500. The average molecular weight is 378 g/mol. The number of halogens is 2. The third-order valence-electron chi connectivity index (χ3n) is 2.28. The van der Waals surface area contributed by atoms with E-state index in [1.165, 1.54) is 0 Å². The monoisotopic (exact) mass is 377 g/mol. The maximum absolute atomic E-state index is 11.9. The van der Waals surface area contributed by atoms with Gasteiger partial charge in [0.05, 0.1) is 5.02 Å². The first-order chi connectivity index (χ1) is 8.26. The highest BCUT2D eigenvalue weighted by Crippen LogP contribution is 2.26. The van der Waals surface area contributed by atoms with E-state index in [-0.39, 0.29) is 5.97 Å². The first-order valence-corrected chi connectivity index (χ1v) is 6.93. The molecule has 3 nitrogen and oxygen atoms in total. The van der Waals surface area contributed by atoms with Crippen LogP contribution < -0.4 is 0 Å². The van der Waals surface area contributed by atoms with E-state index in [1.54, 1.807) is 6.07 Å². The Morgan fingerprint density at radius 1 is 1.33 bits per heavy atom. The molecule has 2 rings (SSSR count). The summed E-state index contributed by atoms with van der Waals surface area (Å²) in [6, 6.07) is 5.50. The second kappa shape index (κ2) is 4.74. The molecule has 18 heavy (non-hydrogen) atoms. The van der Waals surface area contributed by atoms with Crippen molar-refractivity contribution in [3.63, 3.8) is 0 Å². The molecule has 2 aromatic rings. The molecule has 5 heteroatoms. The van der Waals surface area contributed by atoms with Crippen molar-refractivity contribution in [2.24, 2.45) is 0 Å². The minimum absolute atomic E-state index is 0.357. The molecule has 0 saturated heterocycles. The lowest BCUT2D eigenvalue weighted by Crippen LogP contribution is -2.24. The third kappa shape index (κ3) is 2.98. The van der Waals surface area contributed by atoms with Crippen LogP contribution in [0.1, 0.15) is 31.3 Å². The Morgan fingerprint density at radius 3 is 2.61 bits per heavy atom. The van der Waals surface area contributed by atoms with Gasteiger partial charge in [0.1, 0.15) is 11.3 Å². The van der Waals surface area contributed by atoms with Gasteiger partial charge in [-0.1, -0.05) is 11.6 Å². The summed E-state index contributed by atoms with van der Waals surface area (Å²) in [7, 11) is 0. The van der Waals surface area contributed by atoms with Crippen LogP contribution >= 0.6 is 34.2 Å². The van der Waals surface area contributed by atoms with Crippen molar-refractivity contribution < 1.29 is 9.53 Å². The maximum atomic E-state index is 11.9. The molecule has 0 fully saturated rings. The van der Waals surface area contributed by atoms with Gasteiger partial charge < -0.3 is 9.72 Å². The molecule has 0 spiro atoms. The molecule has 0 amide bonds. The summed E-state index contributed by atoms with van der Waals surface area (Å²) in [5, 5.41) is 1.58. The van der Waals surface area contributed by atoms with E-state index in [9.17, 15) is 4.79 Å². The third-order valence-corrected chi connectivity index (χ3v) is 3.80. The van der Waals surface area contributed by atoms with Crippen LogP contribution in [0.3, 0.4) is 0 Å². The summed E-state index contributed by atoms with van der Waals surface area (Å²) in [6.07, 6.45) is 0. The lowest BCUT2D eigenvalue weighted by molar-refractivity contribution is 0.00639. The van der Waals surface area contributed by atoms with E-state index in [4.69, 9.17) is 16.3 Å². The Kier molecular flexibility index (Phi) is 3.60. The molecule has 0 aliphatic heterocycles. The van der Waals surface area contributed by atoms with Crippen molar-refractivity contribution in [1.82, 2.24) is 4.98 Å². The normalized spacial score (nSPS) is 11.8. The van der Waals surface area contributed by atoms with Gasteiger partial charge in [-0.15, -0.1) is 0 Å². The van der Waals surface area contributed by atoms with Crippen LogP contribution in [-0.2, 0) is 4.74 Å². The molecule has 0 radical (unpaired) electrons. The summed E-state index contributed by atoms with van der Waals surface area (Å²) in [5.74, 6) is -0.357. The minimum Gasteiger partial charge on any atom is -0.455 e. The van der Waals surface area contributed by atoms with Crippen molar-refractivity contribution in [2.45, 2.75) is 26.4 Å². The number of rotatable bonds is 1. The number of aromatic amines is 1. The van der Waals surface area contributed by atoms with Crippen LogP contribution in [0, 0.1) is 3.57 Å². The molecule has 0 aliphatic carbocycles. The lowest BCUT2D eigenvalue weighted by Gasteiger charge is -2.18. The van der Waals surface area contributed by atoms with Crippen LogP contribution in [0.2, 0.25) is 5.02 Å². The van der Waals surface area contributed by atoms with E-state index < -0.39 is 5.60 Å². The first kappa shape index (κ1) is 13.7. The summed E-state index contributed by atoms with van der Waals surface area (Å²) in [5.41, 5.74) is 0.822. The zero-order valence-electron chi connectivity index (χ0n) is 10.3. The largest absolute Gasteiger partial charge is 0.455 e. The Hall–Kier alpha value is -0.750. The second-order valence-corrected chi connectivity index (χ2v) is 6.61. The predicted octanol–water partition coefficient (Wildman–Crippen LogP) is 4.38. The molecular weight excluding hydrogens is 365 g/mol. The number of benzene rings is 1. The number of esters is 1. The van der Waals surface area contributed by atoms with E-state index >= 15 is 0 Å². The number of ether oxygens (including phenoxy) is 1. The highest BCUT2D eigenvalue weighted by molar-refractivity contribution is 14.1. The average Bonchev–Trinajstić information content (AvgIpc) is 2.59. The molecule has 1 aromatic carbocycles. The van der Waals surface area contributed by atoms with E-state index in [0.717, 1.165) is 14.5 Å². The zero-order valence-corrected chi connectivity index (χ0v) is 13.2. The summed E-state index contributed by atoms with van der Waals surface area (Å²) < 4.78 is 6.25. The van der Waals surface area contributed by atoms with Gasteiger partial charge in [-0.2, -0.15) is 0 Å². The van der Waals surface area contributed by atoms with E-state index in [1.807, 2.05) is 32.9 Å². The maximum Gasteiger partial charge on any atom is 0.355 e. The number of aromatic nitrogens is 1. The fourth-order valence-electron chi connectivity index (χ4n) is 1.57. The number of nitrogens with one attached hydrogen (secondary N) is 1. The fraction of sp³-hybridized carbons (Fsp3) is 0.308. The van der Waals surface area contributed by atoms with Crippen molar-refractivity contribution in [3.05, 3.63) is 32.5 Å². The van der Waals surface area contributed by atoms with Crippen molar-refractivity contribution in [1.29, 1.82) is 0 Å². The second-order valence-electron chi connectivity index (χ2n) is 5.04. The summed E-state index contributed by atoms with van der Waals surface area (Å²) in [4.78, 5) is 15.0. The van der Waals surface area contributed by atoms with Crippen molar-refractivity contribution >= 4 is 51.1 Å². The van der Waals surface area contributed by atoms with Gasteiger partial charge in [0.25, 0.3) is 0 Å². The van der Waals surface area contributed by atoms with Gasteiger partial charge in [0.2, 0.25) is 0 Å². The standard InChI is InChI=1S/C13H13ClINO2/c1-13(2,3)18-12(17)11-5-7-4-8(14)9(15)6-10(7)16-11/h4-6,16H,1-3H3. The van der Waals surface area contributed by atoms with Crippen molar-refractivity contribution in [2.75, 3.05) is 0 Å². The smallest absolute Gasteiger partial charge is 0.355 e. The number of hydrogen-bond acceptors (Lipinski definition) is 2. The fourth-order valence-corrected chi connectivity index (χ4v) is 2.21. The number of carbonyl (C=O) groups excluding carboxylic acids is 1. The van der Waals surface area contributed by atoms with Crippen LogP contribution in [0.4, 0.5) is 0 Å². The molecule has 1 N–H and O–H groups in total. The van der Waals surface area contributed by atoms with Gasteiger partial charge in [-0.3, -0.25) is 0 Å². The predicted molar refractivity (Wildman–Crippen MR) is 81.2 cm³/mol. The highest BCUT2D eigenvalue weighted by atomic mass is 127. The zero-order chi connectivity index (χ0) is 13.5. The van der Waals surface area contributed by atoms with Crippen molar-refractivity contribution in [3.8, 4) is 0 Å². The molecular formula is C13H13ClINO2. The van der Waals surface area contributed by atoms with Crippen LogP contribution in [0.25, 0.3) is 10.9 Å². The van der Waals surface area contributed by atoms with Crippen LogP contribution in [-0.4, -0.2) is 16.6 Å². The molecule has 1 heterocycles. The molecule has 0 bridgehead atoms. The Balaban J connectivity index is 2.39. The number of hydrogen-bond donors (Lipinski definition) is 1. The first-order valence-electron chi connectivity index (χ1n) is 5.47. The topological polar surface area (TPSA) is 42.1 Å². The molecule has 0 aliphatic rings. The summed E-state index contributed by atoms with van der Waals surface area (Å²) >= 11 is 8.20. The SMILES string of the molecule is CC(C)(C)OC(=O)c1cc2cc(Cl)c(I)cc2[nH]1. The Bertz CT molecular complexity index is 574. The lowest BCUT2D eigenvalue weighted by atomic mass is 10.2. The van der Waals surface area contributed by atoms with E-state index in [2.05, 4.69) is 27.6 Å². The van der Waals surface area contributed by atoms with Gasteiger partial charge in [0.15, 0.2) is 0 Å². The molecule has 1 aromatic heterocycles. The van der Waals surface area contributed by atoms with Gasteiger partial charge in [-0.05, 0) is 61.6 Å². The van der Waals surface area contributed by atoms with Gasteiger partial charge in [0, 0.05) is 14.5 Å². The molecule has 0 unspecified atom stereocenters. The quantitative estimate of drug-likeness (QED) is 0.592. The molecule has 96 valence electrons. The number of H-pyrrole nitrogens is 1. The van der Waals surface area contributed by atoms with Crippen LogP contribution in [0.15, 0.2) is 18.2 Å². The highest BCUT2D eigenvalue weighted by Gasteiger charge is 2.19. The molecule has 0 atom stereocenters. The number of fused-ring (bicyclic) bond motifs is 1. The van der Waals surface area contributed by atoms with E-state index in [0.29, 0.717) is 10.7 Å². The van der Waals surface area contributed by atoms with Crippen LogP contribution in [0.5, 0.6) is 0 Å². The Morgan fingerprint density at radius 2 is 2.00 bits per heavy atom. The Labute approximate surface area is 124 Å². The van der Waals surface area contributed by atoms with Gasteiger partial charge in [-0.25, -0.2) is 4.79 Å². The van der Waals surface area contributed by atoms with Gasteiger partial charge >= 0.3 is 5.97 Å². The molecule has 0 saturated carbocycles.